The fraction of sp³-hybridized carbons (Fsp3) is 0.676. The lowest BCUT2D eigenvalue weighted by Gasteiger charge is -2.49. The molecule has 3 nitrogen and oxygen atoms in total. The highest BCUT2D eigenvalue weighted by Crippen LogP contribution is 2.62. The van der Waals surface area contributed by atoms with Crippen LogP contribution in [0.5, 0.6) is 5.75 Å². The van der Waals surface area contributed by atoms with Crippen LogP contribution in [0.15, 0.2) is 35.9 Å². The highest BCUT2D eigenvalue weighted by atomic mass is 28.4. The first-order valence-electron chi connectivity index (χ1n) is 15.2. The zero-order valence-electron chi connectivity index (χ0n) is 25.5. The molecule has 3 aliphatic rings. The minimum Gasteiger partial charge on any atom is -0.543 e. The van der Waals surface area contributed by atoms with Crippen LogP contribution in [-0.4, -0.2) is 21.4 Å². The number of benzene rings is 1. The van der Waals surface area contributed by atoms with E-state index in [-0.39, 0.29) is 11.4 Å². The van der Waals surface area contributed by atoms with Crippen LogP contribution < -0.4 is 4.43 Å². The number of carbonyl (C=O) groups is 1. The number of ether oxygens (including phenoxy) is 1. The van der Waals surface area contributed by atoms with Crippen molar-refractivity contribution in [1.29, 1.82) is 0 Å². The molecule has 0 heterocycles. The number of hydrogen-bond donors (Lipinski definition) is 0. The third kappa shape index (κ3) is 5.07. The molecule has 0 spiro atoms. The molecule has 0 amide bonds. The van der Waals surface area contributed by atoms with Gasteiger partial charge in [-0.2, -0.15) is 0 Å². The largest absolute Gasteiger partial charge is 0.543 e. The summed E-state index contributed by atoms with van der Waals surface area (Å²) in [5.41, 5.74) is 6.52. The second-order valence-electron chi connectivity index (χ2n) is 13.6. The van der Waals surface area contributed by atoms with E-state index < -0.39 is 8.32 Å². The number of esters is 1. The minimum absolute atomic E-state index is 0.0904. The Morgan fingerprint density at radius 1 is 1.08 bits per heavy atom. The van der Waals surface area contributed by atoms with Crippen LogP contribution in [-0.2, 0) is 9.53 Å². The zero-order valence-corrected chi connectivity index (χ0v) is 26.5. The molecule has 0 unspecified atom stereocenters. The summed E-state index contributed by atoms with van der Waals surface area (Å²) in [6.45, 7) is 19.0. The van der Waals surface area contributed by atoms with Gasteiger partial charge in [0, 0.05) is 6.42 Å². The molecule has 0 bridgehead atoms. The number of rotatable bonds is 10. The maximum Gasteiger partial charge on any atom is 0.305 e. The maximum absolute atomic E-state index is 11.6. The first kappa shape index (κ1) is 29.2. The lowest BCUT2D eigenvalue weighted by molar-refractivity contribution is -0.140. The first-order chi connectivity index (χ1) is 18.0. The van der Waals surface area contributed by atoms with E-state index in [0.717, 1.165) is 18.6 Å². The second kappa shape index (κ2) is 11.4. The topological polar surface area (TPSA) is 35.5 Å². The molecule has 210 valence electrons. The van der Waals surface area contributed by atoms with Crippen molar-refractivity contribution in [2.75, 3.05) is 7.11 Å². The van der Waals surface area contributed by atoms with Crippen LogP contribution in [0.25, 0.3) is 6.08 Å². The Labute approximate surface area is 233 Å². The SMILES string of the molecule is COC(=O)CCC[C@@H](C)C1=CC[C@H]2[C@@H]3C=Cc4cc(O[Si](C(C)C)(C(C)C)C(C)C)ccc4[C@H]3CC[C@]12C. The van der Waals surface area contributed by atoms with Crippen LogP contribution in [0.1, 0.15) is 111 Å². The van der Waals surface area contributed by atoms with Crippen molar-refractivity contribution in [3.05, 3.63) is 47.1 Å². The van der Waals surface area contributed by atoms with Gasteiger partial charge in [-0.1, -0.05) is 85.3 Å². The molecular weight excluding hydrogens is 484 g/mol. The van der Waals surface area contributed by atoms with E-state index in [2.05, 4.69) is 91.8 Å². The first-order valence-corrected chi connectivity index (χ1v) is 17.4. The Morgan fingerprint density at radius 3 is 2.39 bits per heavy atom. The molecule has 1 aromatic rings. The molecule has 1 fully saturated rings. The minimum atomic E-state index is -1.97. The van der Waals surface area contributed by atoms with E-state index in [1.807, 2.05) is 0 Å². The Hall–Kier alpha value is -1.81. The van der Waals surface area contributed by atoms with Crippen molar-refractivity contribution >= 4 is 20.4 Å². The van der Waals surface area contributed by atoms with Crippen molar-refractivity contribution in [3.8, 4) is 5.75 Å². The van der Waals surface area contributed by atoms with Gasteiger partial charge in [-0.3, -0.25) is 4.79 Å². The van der Waals surface area contributed by atoms with E-state index in [0.29, 0.717) is 46.7 Å². The molecule has 38 heavy (non-hydrogen) atoms. The normalized spacial score (nSPS) is 27.2. The quantitative estimate of drug-likeness (QED) is 0.170. The van der Waals surface area contributed by atoms with Crippen LogP contribution in [0.3, 0.4) is 0 Å². The lowest BCUT2D eigenvalue weighted by Crippen LogP contribution is -2.50. The highest BCUT2D eigenvalue weighted by molar-refractivity contribution is 6.78. The molecule has 4 heteroatoms. The smallest absolute Gasteiger partial charge is 0.305 e. The predicted octanol–water partition coefficient (Wildman–Crippen LogP) is 9.69. The van der Waals surface area contributed by atoms with Crippen molar-refractivity contribution in [2.24, 2.45) is 23.2 Å². The van der Waals surface area contributed by atoms with Gasteiger partial charge in [-0.15, -0.1) is 0 Å². The fourth-order valence-corrected chi connectivity index (χ4v) is 14.1. The number of methoxy groups -OCH3 is 1. The summed E-state index contributed by atoms with van der Waals surface area (Å²) >= 11 is 0. The van der Waals surface area contributed by atoms with Gasteiger partial charge in [0.15, 0.2) is 0 Å². The van der Waals surface area contributed by atoms with Crippen LogP contribution >= 0.6 is 0 Å². The Morgan fingerprint density at radius 2 is 1.76 bits per heavy atom. The molecule has 0 aromatic heterocycles. The predicted molar refractivity (Wildman–Crippen MR) is 162 cm³/mol. The van der Waals surface area contributed by atoms with Gasteiger partial charge in [-0.05, 0) is 101 Å². The molecule has 0 N–H and O–H groups in total. The van der Waals surface area contributed by atoms with Crippen LogP contribution in [0, 0.1) is 23.2 Å². The van der Waals surface area contributed by atoms with Gasteiger partial charge in [0.25, 0.3) is 8.32 Å². The van der Waals surface area contributed by atoms with Crippen molar-refractivity contribution in [3.63, 3.8) is 0 Å². The van der Waals surface area contributed by atoms with Gasteiger partial charge in [-0.25, -0.2) is 0 Å². The molecule has 0 saturated heterocycles. The van der Waals surface area contributed by atoms with Gasteiger partial charge >= 0.3 is 5.97 Å². The van der Waals surface area contributed by atoms with Crippen molar-refractivity contribution in [2.45, 2.75) is 116 Å². The lowest BCUT2D eigenvalue weighted by atomic mass is 9.55. The third-order valence-corrected chi connectivity index (χ3v) is 16.7. The van der Waals surface area contributed by atoms with Crippen LogP contribution in [0.2, 0.25) is 16.6 Å². The van der Waals surface area contributed by atoms with Gasteiger partial charge < -0.3 is 9.16 Å². The van der Waals surface area contributed by atoms with E-state index in [9.17, 15) is 4.79 Å². The van der Waals surface area contributed by atoms with Crippen LogP contribution in [0.4, 0.5) is 0 Å². The number of allylic oxidation sites excluding steroid dienone is 3. The van der Waals surface area contributed by atoms with E-state index in [1.165, 1.54) is 37.5 Å². The van der Waals surface area contributed by atoms with E-state index in [1.54, 1.807) is 5.57 Å². The van der Waals surface area contributed by atoms with E-state index >= 15 is 0 Å². The van der Waals surface area contributed by atoms with Gasteiger partial charge in [0.05, 0.1) is 7.11 Å². The molecule has 5 atom stereocenters. The third-order valence-electron chi connectivity index (χ3n) is 10.7. The molecular formula is C34H52O3Si. The molecule has 1 aromatic carbocycles. The van der Waals surface area contributed by atoms with E-state index in [4.69, 9.17) is 9.16 Å². The molecule has 0 aliphatic heterocycles. The van der Waals surface area contributed by atoms with Crippen molar-refractivity contribution < 1.29 is 14.0 Å². The summed E-state index contributed by atoms with van der Waals surface area (Å²) in [5, 5.41) is 0. The second-order valence-corrected chi connectivity index (χ2v) is 19.0. The average Bonchev–Trinajstić information content (AvgIpc) is 3.23. The monoisotopic (exact) mass is 536 g/mol. The van der Waals surface area contributed by atoms with Gasteiger partial charge in [0.2, 0.25) is 0 Å². The highest BCUT2D eigenvalue weighted by Gasteiger charge is 2.52. The van der Waals surface area contributed by atoms with Crippen molar-refractivity contribution in [1.82, 2.24) is 0 Å². The summed E-state index contributed by atoms with van der Waals surface area (Å²) < 4.78 is 11.9. The summed E-state index contributed by atoms with van der Waals surface area (Å²) in [5.74, 6) is 3.38. The number of fused-ring (bicyclic) bond motifs is 5. The Balaban J connectivity index is 1.51. The number of hydrogen-bond acceptors (Lipinski definition) is 3. The Kier molecular flexibility index (Phi) is 8.72. The zero-order chi connectivity index (χ0) is 27.8. The van der Waals surface area contributed by atoms with Gasteiger partial charge in [0.1, 0.15) is 5.75 Å². The maximum atomic E-state index is 11.6. The molecule has 4 rings (SSSR count). The molecule has 0 radical (unpaired) electrons. The summed E-state index contributed by atoms with van der Waals surface area (Å²) in [4.78, 5) is 11.6. The summed E-state index contributed by atoms with van der Waals surface area (Å²) in [6, 6.07) is 7.01. The average molecular weight is 537 g/mol. The molecule has 1 saturated carbocycles. The summed E-state index contributed by atoms with van der Waals surface area (Å²) in [7, 11) is -0.486. The fourth-order valence-electron chi connectivity index (χ4n) is 8.88. The summed E-state index contributed by atoms with van der Waals surface area (Å²) in [6.07, 6.45) is 13.7. The Bertz CT molecular complexity index is 1050. The standard InChI is InChI=1S/C34H52O3Si/c1-22(2)38(23(3)4,24(5)6)37-27-14-16-28-26(21-27)13-15-30-29(28)19-20-34(8)31(17-18-32(30)34)25(7)11-10-12-33(35)36-9/h13-17,21-25,29-30,32H,10-12,18-20H2,1-9H3/t25-,29-,30-,32+,34-/m1/s1. The number of carbonyl (C=O) groups excluding carboxylic acids is 1. The molecule has 3 aliphatic carbocycles.